The lowest BCUT2D eigenvalue weighted by Crippen LogP contribution is -2.10. The number of carbonyl (C=O) groups is 1. The van der Waals surface area contributed by atoms with Gasteiger partial charge in [-0.25, -0.2) is 13.6 Å². The first-order valence-corrected chi connectivity index (χ1v) is 4.33. The van der Waals surface area contributed by atoms with Gasteiger partial charge in [0.2, 0.25) is 0 Å². The molecule has 1 N–H and O–H groups in total. The molecule has 0 saturated carbocycles. The smallest absolute Gasteiger partial charge is 0.340 e. The van der Waals surface area contributed by atoms with Crippen molar-refractivity contribution in [1.82, 2.24) is 9.78 Å². The van der Waals surface area contributed by atoms with Gasteiger partial charge < -0.3 is 5.11 Å². The van der Waals surface area contributed by atoms with Crippen molar-refractivity contribution in [2.75, 3.05) is 0 Å². The number of rotatable bonds is 3. The lowest BCUT2D eigenvalue weighted by atomic mass is 10.4. The molecule has 0 aliphatic carbocycles. The van der Waals surface area contributed by atoms with E-state index in [0.717, 1.165) is 10.9 Å². The van der Waals surface area contributed by atoms with Crippen LogP contribution in [0, 0.1) is 3.70 Å². The summed E-state index contributed by atoms with van der Waals surface area (Å²) in [4.78, 5) is 10.5. The van der Waals surface area contributed by atoms with E-state index in [-0.39, 0.29) is 9.26 Å². The highest BCUT2D eigenvalue weighted by molar-refractivity contribution is 14.1. The lowest BCUT2D eigenvalue weighted by molar-refractivity contribution is 0.0694. The number of carboxylic acids is 1. The molecule has 0 atom stereocenters. The highest BCUT2D eigenvalue weighted by Gasteiger charge is 2.16. The fourth-order valence-corrected chi connectivity index (χ4v) is 1.46. The fraction of sp³-hybridized carbons (Fsp3) is 0.333. The van der Waals surface area contributed by atoms with Gasteiger partial charge in [0.1, 0.15) is 15.8 Å². The third-order valence-electron chi connectivity index (χ3n) is 1.32. The van der Waals surface area contributed by atoms with E-state index in [9.17, 15) is 13.6 Å². The van der Waals surface area contributed by atoms with Crippen LogP contribution in [0.2, 0.25) is 0 Å². The van der Waals surface area contributed by atoms with Gasteiger partial charge in [-0.1, -0.05) is 0 Å². The zero-order valence-electron chi connectivity index (χ0n) is 6.25. The molecule has 4 nitrogen and oxygen atoms in total. The Morgan fingerprint density at radius 1 is 1.77 bits per heavy atom. The van der Waals surface area contributed by atoms with Crippen molar-refractivity contribution in [3.05, 3.63) is 15.5 Å². The van der Waals surface area contributed by atoms with Gasteiger partial charge >= 0.3 is 5.97 Å². The maximum Gasteiger partial charge on any atom is 0.340 e. The summed E-state index contributed by atoms with van der Waals surface area (Å²) in [5.74, 6) is -1.16. The molecule has 0 saturated heterocycles. The monoisotopic (exact) mass is 302 g/mol. The van der Waals surface area contributed by atoms with Crippen LogP contribution in [0.5, 0.6) is 0 Å². The minimum absolute atomic E-state index is 0.0544. The van der Waals surface area contributed by atoms with Crippen LogP contribution in [-0.2, 0) is 6.54 Å². The highest BCUT2D eigenvalue weighted by atomic mass is 127. The summed E-state index contributed by atoms with van der Waals surface area (Å²) >= 11 is 1.67. The van der Waals surface area contributed by atoms with Crippen molar-refractivity contribution in [2.24, 2.45) is 0 Å². The summed E-state index contributed by atoms with van der Waals surface area (Å²) in [6.45, 7) is -0.578. The van der Waals surface area contributed by atoms with E-state index in [1.165, 1.54) is 0 Å². The molecule has 1 heterocycles. The first-order chi connectivity index (χ1) is 6.02. The van der Waals surface area contributed by atoms with Gasteiger partial charge in [0.25, 0.3) is 6.43 Å². The largest absolute Gasteiger partial charge is 0.478 e. The summed E-state index contributed by atoms with van der Waals surface area (Å²) in [6, 6.07) is 0. The molecule has 0 unspecified atom stereocenters. The van der Waals surface area contributed by atoms with Crippen LogP contribution in [-0.4, -0.2) is 27.3 Å². The number of aromatic nitrogens is 2. The Bertz CT molecular complexity index is 326. The summed E-state index contributed by atoms with van der Waals surface area (Å²) in [5.41, 5.74) is -0.0544. The van der Waals surface area contributed by atoms with Crippen molar-refractivity contribution in [3.8, 4) is 0 Å². The molecule has 13 heavy (non-hydrogen) atoms. The Morgan fingerprint density at radius 3 is 2.77 bits per heavy atom. The number of carboxylic acid groups (broad SMARTS) is 1. The van der Waals surface area contributed by atoms with Gasteiger partial charge in [-0.05, 0) is 22.6 Å². The van der Waals surface area contributed by atoms with E-state index in [2.05, 4.69) is 5.10 Å². The molecule has 1 aromatic rings. The maximum absolute atomic E-state index is 11.9. The molecule has 1 rings (SSSR count). The zero-order chi connectivity index (χ0) is 10.0. The lowest BCUT2D eigenvalue weighted by Gasteiger charge is -2.01. The fourth-order valence-electron chi connectivity index (χ4n) is 0.772. The standard InChI is InChI=1S/C6H5F2IN2O2/c7-4(8)2-11-5(9)3(1-10-11)6(12)13/h1,4H,2H2,(H,12,13). The van der Waals surface area contributed by atoms with Crippen LogP contribution in [0.25, 0.3) is 0 Å². The van der Waals surface area contributed by atoms with E-state index in [0.29, 0.717) is 0 Å². The van der Waals surface area contributed by atoms with Crippen molar-refractivity contribution >= 4 is 28.6 Å². The second-order valence-electron chi connectivity index (χ2n) is 2.23. The van der Waals surface area contributed by atoms with Crippen molar-refractivity contribution < 1.29 is 18.7 Å². The van der Waals surface area contributed by atoms with E-state index >= 15 is 0 Å². The quantitative estimate of drug-likeness (QED) is 0.860. The normalized spacial score (nSPS) is 10.8. The van der Waals surface area contributed by atoms with Gasteiger partial charge in [-0.2, -0.15) is 5.10 Å². The van der Waals surface area contributed by atoms with Gasteiger partial charge in [-0.3, -0.25) is 4.68 Å². The van der Waals surface area contributed by atoms with Crippen LogP contribution in [0.1, 0.15) is 10.4 Å². The number of aromatic carboxylic acids is 1. The van der Waals surface area contributed by atoms with E-state index in [1.54, 1.807) is 22.6 Å². The summed E-state index contributed by atoms with van der Waals surface area (Å²) in [6.07, 6.45) is -1.47. The Hall–Kier alpha value is -0.730. The van der Waals surface area contributed by atoms with Gasteiger partial charge in [0.05, 0.1) is 6.20 Å². The van der Waals surface area contributed by atoms with Gasteiger partial charge in [0, 0.05) is 0 Å². The third kappa shape index (κ3) is 2.36. The average Bonchev–Trinajstić information content (AvgIpc) is 2.32. The summed E-state index contributed by atoms with van der Waals surface area (Å²) in [7, 11) is 0. The van der Waals surface area contributed by atoms with Gasteiger partial charge in [0.15, 0.2) is 0 Å². The molecule has 0 amide bonds. The van der Waals surface area contributed by atoms with Gasteiger partial charge in [-0.15, -0.1) is 0 Å². The Morgan fingerprint density at radius 2 is 2.38 bits per heavy atom. The van der Waals surface area contributed by atoms with Crippen LogP contribution in [0.4, 0.5) is 8.78 Å². The number of hydrogen-bond acceptors (Lipinski definition) is 2. The molecule has 0 aromatic carbocycles. The number of nitrogens with zero attached hydrogens (tertiary/aromatic N) is 2. The predicted molar refractivity (Wildman–Crippen MR) is 47.9 cm³/mol. The molecule has 0 radical (unpaired) electrons. The summed E-state index contributed by atoms with van der Waals surface area (Å²) < 4.78 is 25.0. The Balaban J connectivity index is 2.93. The highest BCUT2D eigenvalue weighted by Crippen LogP contribution is 2.12. The third-order valence-corrected chi connectivity index (χ3v) is 2.45. The van der Waals surface area contributed by atoms with E-state index in [1.807, 2.05) is 0 Å². The van der Waals surface area contributed by atoms with Crippen molar-refractivity contribution in [1.29, 1.82) is 0 Å². The van der Waals surface area contributed by atoms with Crippen LogP contribution >= 0.6 is 22.6 Å². The molecule has 0 aliphatic rings. The molecular formula is C6H5F2IN2O2. The minimum atomic E-state index is -2.53. The molecule has 1 aromatic heterocycles. The average molecular weight is 302 g/mol. The SMILES string of the molecule is O=C(O)c1cnn(CC(F)F)c1I. The second-order valence-corrected chi connectivity index (χ2v) is 3.25. The first-order valence-electron chi connectivity index (χ1n) is 3.25. The van der Waals surface area contributed by atoms with Crippen LogP contribution in [0.15, 0.2) is 6.20 Å². The number of halogens is 3. The predicted octanol–water partition coefficient (Wildman–Crippen LogP) is 1.45. The van der Waals surface area contributed by atoms with Crippen molar-refractivity contribution in [3.63, 3.8) is 0 Å². The molecule has 0 aliphatic heterocycles. The van der Waals surface area contributed by atoms with E-state index in [4.69, 9.17) is 5.11 Å². The maximum atomic E-state index is 11.9. The summed E-state index contributed by atoms with van der Waals surface area (Å²) in [5, 5.41) is 12.1. The molecule has 7 heteroatoms. The molecule has 0 spiro atoms. The van der Waals surface area contributed by atoms with E-state index < -0.39 is 18.9 Å². The van der Waals surface area contributed by atoms with Crippen molar-refractivity contribution in [2.45, 2.75) is 13.0 Å². The molecule has 72 valence electrons. The minimum Gasteiger partial charge on any atom is -0.478 e. The van der Waals surface area contributed by atoms with Crippen LogP contribution in [0.3, 0.4) is 0 Å². The number of hydrogen-bond donors (Lipinski definition) is 1. The molecule has 0 bridgehead atoms. The molecular weight excluding hydrogens is 297 g/mol. The Kier molecular flexibility index (Phi) is 3.17. The molecule has 0 fully saturated rings. The zero-order valence-corrected chi connectivity index (χ0v) is 8.40. The Labute approximate surface area is 85.7 Å². The first kappa shape index (κ1) is 10.4. The topological polar surface area (TPSA) is 55.1 Å². The van der Waals surface area contributed by atoms with Crippen LogP contribution < -0.4 is 0 Å². The second kappa shape index (κ2) is 3.99. The number of alkyl halides is 2.